The topological polar surface area (TPSA) is 74.8 Å². The monoisotopic (exact) mass is 650 g/mol. The molecule has 5 aliphatic rings. The number of benzene rings is 2. The maximum absolute atomic E-state index is 13.4. The number of H-pyrrole nitrogens is 1. The van der Waals surface area contributed by atoms with Crippen molar-refractivity contribution in [1.82, 2.24) is 15.3 Å². The van der Waals surface area contributed by atoms with Crippen LogP contribution in [0.15, 0.2) is 42.5 Å². The van der Waals surface area contributed by atoms with Crippen LogP contribution < -0.4 is 26.5 Å². The Morgan fingerprint density at radius 1 is 0.900 bits per heavy atom. The summed E-state index contributed by atoms with van der Waals surface area (Å²) in [5.41, 5.74) is 4.48. The van der Waals surface area contributed by atoms with Gasteiger partial charge >= 0.3 is 168 Å². The molecule has 0 spiro atoms. The summed E-state index contributed by atoms with van der Waals surface area (Å²) < 4.78 is 0.988. The van der Waals surface area contributed by atoms with Crippen LogP contribution in [0.25, 0.3) is 22.4 Å². The average Bonchev–Trinajstić information content (AvgIpc) is 3.37. The first-order valence-corrected chi connectivity index (χ1v) is 17.8. The number of hydrogen-bond acceptors (Lipinski definition) is 3. The number of aromatic amines is 1. The van der Waals surface area contributed by atoms with Gasteiger partial charge in [-0.05, 0) is 48.9 Å². The molecule has 3 atom stereocenters. The summed E-state index contributed by atoms with van der Waals surface area (Å²) in [6.07, 6.45) is 15.6. The number of carbonyl (C=O) groups excluding carboxylic acids is 2. The average molecular weight is 651 g/mol. The minimum Gasteiger partial charge on any atom is -0.0430 e. The van der Waals surface area contributed by atoms with Gasteiger partial charge in [-0.15, -0.1) is 0 Å². The summed E-state index contributed by atoms with van der Waals surface area (Å²) in [5, 5.41) is 3.50. The zero-order valence-corrected chi connectivity index (χ0v) is 25.7. The van der Waals surface area contributed by atoms with Crippen LogP contribution in [0.4, 0.5) is 0 Å². The third-order valence-electron chi connectivity index (χ3n) is 10.4. The number of halogens is 1. The van der Waals surface area contributed by atoms with Crippen LogP contribution in [0, 0.1) is 23.2 Å². The van der Waals surface area contributed by atoms with E-state index < -0.39 is 21.2 Å². The maximum Gasteiger partial charge on any atom is -0.0430 e. The normalized spacial score (nSPS) is 30.3. The fourth-order valence-corrected chi connectivity index (χ4v) is 11.7. The number of nitrogens with zero attached hydrogens (tertiary/aromatic N) is 1. The van der Waals surface area contributed by atoms with Crippen LogP contribution in [0.2, 0.25) is 0 Å². The van der Waals surface area contributed by atoms with E-state index in [1.54, 1.807) is 0 Å². The van der Waals surface area contributed by atoms with Crippen LogP contribution in [0.5, 0.6) is 0 Å². The number of nitrogens with one attached hydrogen (secondary N) is 2. The fourth-order valence-electron chi connectivity index (χ4n) is 8.68. The zero-order chi connectivity index (χ0) is 27.3. The Hall–Kier alpha value is -2.22. The Kier molecular flexibility index (Phi) is 7.25. The molecule has 5 fully saturated rings. The summed E-state index contributed by atoms with van der Waals surface area (Å²) in [6.45, 7) is 2.44. The Bertz CT molecular complexity index is 1390. The summed E-state index contributed by atoms with van der Waals surface area (Å²) in [5.74, 6) is 3.15. The molecule has 2 N–H and O–H groups in total. The molecular weight excluding hydrogens is 609 g/mol. The molecule has 1 unspecified atom stereocenters. The molecule has 212 valence electrons. The second kappa shape index (κ2) is 10.9. The summed E-state index contributed by atoms with van der Waals surface area (Å²) in [7, 11) is 0. The zero-order valence-electron chi connectivity index (χ0n) is 23.6. The van der Waals surface area contributed by atoms with Gasteiger partial charge in [0, 0.05) is 6.04 Å². The third-order valence-corrected chi connectivity index (χ3v) is 13.7. The molecule has 5 nitrogen and oxygen atoms in total. The first-order valence-electron chi connectivity index (χ1n) is 15.5. The van der Waals surface area contributed by atoms with Crippen molar-refractivity contribution < 1.29 is 30.8 Å². The van der Waals surface area contributed by atoms with Gasteiger partial charge in [0.2, 0.25) is 0 Å². The van der Waals surface area contributed by atoms with Gasteiger partial charge in [-0.3, -0.25) is 0 Å². The molecule has 40 heavy (non-hydrogen) atoms. The largest absolute Gasteiger partial charge is 0.0430 e. The number of amides is 1. The van der Waals surface area contributed by atoms with Gasteiger partial charge < -0.3 is 0 Å². The summed E-state index contributed by atoms with van der Waals surface area (Å²) in [4.78, 5) is 34.6. The first-order chi connectivity index (χ1) is 19.4. The quantitative estimate of drug-likeness (QED) is 0.234. The fraction of sp³-hybridized carbons (Fsp3) is 0.559. The SMILES string of the molecule is CC12C[C@H]3CCC[C@@H](CC(C3)C1NC(=O)c1ccc(-c3nc4ccc(C(=O)[I-]C5CCCCC5)cc4[nH]3)cc1)C2. The number of carbonyl (C=O) groups is 2. The molecule has 0 aliphatic heterocycles. The summed E-state index contributed by atoms with van der Waals surface area (Å²) in [6, 6.07) is 14.0. The predicted octanol–water partition coefficient (Wildman–Crippen LogP) is 4.52. The molecule has 8 rings (SSSR count). The molecule has 3 aromatic rings. The van der Waals surface area contributed by atoms with Gasteiger partial charge in [-0.2, -0.15) is 0 Å². The maximum atomic E-state index is 13.4. The molecule has 0 saturated heterocycles. The number of alkyl halides is 1. The molecule has 6 heteroatoms. The van der Waals surface area contributed by atoms with E-state index in [0.29, 0.717) is 19.2 Å². The first kappa shape index (κ1) is 26.7. The number of hydrogen-bond donors (Lipinski definition) is 2. The second-order valence-electron chi connectivity index (χ2n) is 13.4. The van der Waals surface area contributed by atoms with Gasteiger partial charge in [0.1, 0.15) is 0 Å². The van der Waals surface area contributed by atoms with Crippen molar-refractivity contribution >= 4 is 20.7 Å². The van der Waals surface area contributed by atoms with Crippen molar-refractivity contribution in [2.75, 3.05) is 0 Å². The van der Waals surface area contributed by atoms with E-state index in [9.17, 15) is 9.59 Å². The van der Waals surface area contributed by atoms with Crippen molar-refractivity contribution in [3.05, 3.63) is 53.6 Å². The second-order valence-corrected chi connectivity index (χ2v) is 16.8. The molecule has 0 radical (unpaired) electrons. The molecule has 1 amide bonds. The van der Waals surface area contributed by atoms with E-state index in [2.05, 4.69) is 17.2 Å². The number of imidazole rings is 1. The minimum atomic E-state index is -0.470. The van der Waals surface area contributed by atoms with Crippen LogP contribution in [0.1, 0.15) is 105 Å². The van der Waals surface area contributed by atoms with E-state index in [1.807, 2.05) is 42.5 Å². The number of fused-ring (bicyclic) bond motifs is 3. The van der Waals surface area contributed by atoms with E-state index in [4.69, 9.17) is 4.98 Å². The van der Waals surface area contributed by atoms with Crippen LogP contribution in [0.3, 0.4) is 0 Å². The molecule has 5 aliphatic carbocycles. The van der Waals surface area contributed by atoms with Crippen LogP contribution in [-0.4, -0.2) is 29.6 Å². The Morgan fingerprint density at radius 2 is 1.60 bits per heavy atom. The molecule has 1 aromatic heterocycles. The van der Waals surface area contributed by atoms with Gasteiger partial charge in [0.15, 0.2) is 0 Å². The van der Waals surface area contributed by atoms with Gasteiger partial charge in [-0.25, -0.2) is 0 Å². The third kappa shape index (κ3) is 5.25. The number of aromatic nitrogens is 2. The van der Waals surface area contributed by atoms with E-state index in [-0.39, 0.29) is 17.4 Å². The van der Waals surface area contributed by atoms with Crippen molar-refractivity contribution in [2.24, 2.45) is 23.2 Å². The predicted molar refractivity (Wildman–Crippen MR) is 155 cm³/mol. The molecular formula is C34H41IN3O2-. The molecule has 5 saturated carbocycles. The van der Waals surface area contributed by atoms with Crippen molar-refractivity contribution in [3.63, 3.8) is 0 Å². The van der Waals surface area contributed by atoms with Crippen molar-refractivity contribution in [3.8, 4) is 11.4 Å². The van der Waals surface area contributed by atoms with Crippen molar-refractivity contribution in [1.29, 1.82) is 0 Å². The number of rotatable bonds is 6. The Balaban J connectivity index is 1.04. The summed E-state index contributed by atoms with van der Waals surface area (Å²) >= 11 is -0.470. The Morgan fingerprint density at radius 3 is 2.30 bits per heavy atom. The molecule has 4 bridgehead atoms. The van der Waals surface area contributed by atoms with Crippen LogP contribution in [-0.2, 0) is 0 Å². The van der Waals surface area contributed by atoms with Gasteiger partial charge in [0.25, 0.3) is 0 Å². The van der Waals surface area contributed by atoms with Gasteiger partial charge in [-0.1, -0.05) is 26.2 Å². The smallest absolute Gasteiger partial charge is 0.0430 e. The Labute approximate surface area is 247 Å². The van der Waals surface area contributed by atoms with Gasteiger partial charge in [0.05, 0.1) is 0 Å². The molecule has 1 heterocycles. The minimum absolute atomic E-state index is 0.0516. The van der Waals surface area contributed by atoms with E-state index >= 15 is 0 Å². The van der Waals surface area contributed by atoms with E-state index in [0.717, 1.165) is 39.8 Å². The van der Waals surface area contributed by atoms with E-state index in [1.165, 1.54) is 77.0 Å². The standard InChI is InChI=1S/C34H41IN3O2/c1-34-19-21-6-5-7-22(20-34)17-26(16-21)30(34)38-33(40)24-12-10-23(11-13-24)32-36-28-15-14-25(18-29(28)37-32)31(39)35-27-8-3-2-4-9-27/h10-15,18,21-22,26-27,30H,2-9,16-17,19-20H2,1H3,(H,36,37)(H,38,40)/q-1/t21-,22-,26?,30?,34?/m0/s1. The van der Waals surface area contributed by atoms with Crippen LogP contribution >= 0.6 is 0 Å². The molecule has 2 aromatic carbocycles. The van der Waals surface area contributed by atoms with Crippen molar-refractivity contribution in [2.45, 2.75) is 93.9 Å².